The Hall–Kier alpha value is -1.46. The third-order valence-corrected chi connectivity index (χ3v) is 3.13. The molecule has 84 valence electrons. The summed E-state index contributed by atoms with van der Waals surface area (Å²) in [5.74, 6) is -0.112. The van der Waals surface area contributed by atoms with Gasteiger partial charge in [0.15, 0.2) is 5.78 Å². The lowest BCUT2D eigenvalue weighted by Crippen LogP contribution is -2.25. The number of nitrogens with zero attached hydrogens (tertiary/aromatic N) is 1. The number of ether oxygens (including phenoxy) is 1. The van der Waals surface area contributed by atoms with Gasteiger partial charge in [-0.2, -0.15) is 0 Å². The van der Waals surface area contributed by atoms with E-state index in [1.165, 1.54) is 23.0 Å². The van der Waals surface area contributed by atoms with Gasteiger partial charge in [-0.1, -0.05) is 0 Å². The molecule has 2 rings (SSSR count). The molecule has 0 N–H and O–H groups in total. The number of pyridine rings is 1. The van der Waals surface area contributed by atoms with Crippen LogP contribution in [0.15, 0.2) is 28.5 Å². The van der Waals surface area contributed by atoms with E-state index in [2.05, 4.69) is 0 Å². The van der Waals surface area contributed by atoms with Crippen LogP contribution in [0.3, 0.4) is 0 Å². The highest BCUT2D eigenvalue weighted by Crippen LogP contribution is 2.15. The Balaban J connectivity index is 2.34. The molecule has 0 unspecified atom stereocenters. The van der Waals surface area contributed by atoms with E-state index in [1.54, 1.807) is 12.3 Å². The number of hydrogen-bond acceptors (Lipinski definition) is 4. The fourth-order valence-corrected chi connectivity index (χ4v) is 2.30. The van der Waals surface area contributed by atoms with Crippen molar-refractivity contribution in [1.29, 1.82) is 0 Å². The van der Waals surface area contributed by atoms with Crippen molar-refractivity contribution in [3.8, 4) is 0 Å². The van der Waals surface area contributed by atoms with Crippen molar-refractivity contribution in [2.24, 2.45) is 0 Å². The Bertz CT molecular complexity index is 570. The molecule has 0 saturated heterocycles. The predicted molar refractivity (Wildman–Crippen MR) is 63.0 cm³/mol. The summed E-state index contributed by atoms with van der Waals surface area (Å²) < 4.78 is 7.08. The molecular formula is C11H11NO3S. The van der Waals surface area contributed by atoms with Crippen LogP contribution in [-0.4, -0.2) is 24.1 Å². The first-order valence-electron chi connectivity index (χ1n) is 4.79. The predicted octanol–water partition coefficient (Wildman–Crippen LogP) is 1.28. The average molecular weight is 237 g/mol. The normalized spacial score (nSPS) is 10.8. The van der Waals surface area contributed by atoms with Crippen molar-refractivity contribution < 1.29 is 9.53 Å². The zero-order valence-corrected chi connectivity index (χ0v) is 9.62. The lowest BCUT2D eigenvalue weighted by molar-refractivity contribution is -0.123. The molecule has 2 aromatic rings. The van der Waals surface area contributed by atoms with Gasteiger partial charge in [0, 0.05) is 18.0 Å². The highest BCUT2D eigenvalue weighted by atomic mass is 32.1. The maximum Gasteiger partial charge on any atom is 0.259 e. The van der Waals surface area contributed by atoms with Gasteiger partial charge in [-0.05, 0) is 17.5 Å². The Kier molecular flexibility index (Phi) is 3.17. The number of fused-ring (bicyclic) bond motifs is 1. The zero-order valence-electron chi connectivity index (χ0n) is 8.80. The summed E-state index contributed by atoms with van der Waals surface area (Å²) in [6.07, 6.45) is 1.65. The number of carbonyl (C=O) groups is 1. The Morgan fingerprint density at radius 2 is 2.31 bits per heavy atom. The van der Waals surface area contributed by atoms with Crippen LogP contribution in [0.25, 0.3) is 10.1 Å². The first-order chi connectivity index (χ1) is 7.72. The number of thiophene rings is 1. The fraction of sp³-hybridized carbons (Fsp3) is 0.273. The minimum Gasteiger partial charge on any atom is -0.377 e. The van der Waals surface area contributed by atoms with E-state index in [0.717, 1.165) is 4.70 Å². The second kappa shape index (κ2) is 4.59. The van der Waals surface area contributed by atoms with Crippen LogP contribution in [-0.2, 0) is 16.1 Å². The number of carbonyl (C=O) groups excluding carboxylic acids is 1. The molecule has 0 amide bonds. The standard InChI is InChI=1S/C11H11NO3S/c1-15-7-8(13)6-12-4-2-10-9(11(12)14)3-5-16-10/h2-5H,6-7H2,1H3. The van der Waals surface area contributed by atoms with Crippen molar-refractivity contribution in [3.05, 3.63) is 34.1 Å². The Morgan fingerprint density at radius 3 is 3.06 bits per heavy atom. The maximum atomic E-state index is 11.9. The first kappa shape index (κ1) is 11.0. The lowest BCUT2D eigenvalue weighted by Gasteiger charge is -2.04. The number of hydrogen-bond donors (Lipinski definition) is 0. The highest BCUT2D eigenvalue weighted by molar-refractivity contribution is 7.17. The molecule has 0 bridgehead atoms. The smallest absolute Gasteiger partial charge is 0.259 e. The van der Waals surface area contributed by atoms with Crippen LogP contribution >= 0.6 is 11.3 Å². The van der Waals surface area contributed by atoms with Crippen LogP contribution < -0.4 is 5.56 Å². The van der Waals surface area contributed by atoms with Crippen molar-refractivity contribution in [1.82, 2.24) is 4.57 Å². The summed E-state index contributed by atoms with van der Waals surface area (Å²) in [6.45, 7) is 0.104. The number of rotatable bonds is 4. The van der Waals surface area contributed by atoms with Gasteiger partial charge >= 0.3 is 0 Å². The highest BCUT2D eigenvalue weighted by Gasteiger charge is 2.07. The molecule has 0 fully saturated rings. The SMILES string of the molecule is COCC(=O)Cn1ccc2sccc2c1=O. The largest absolute Gasteiger partial charge is 0.377 e. The number of ketones is 1. The third-order valence-electron chi connectivity index (χ3n) is 2.24. The first-order valence-corrected chi connectivity index (χ1v) is 5.67. The van der Waals surface area contributed by atoms with E-state index >= 15 is 0 Å². The summed E-state index contributed by atoms with van der Waals surface area (Å²) in [6, 6.07) is 3.63. The molecule has 0 spiro atoms. The minimum absolute atomic E-state index is 0.0358. The van der Waals surface area contributed by atoms with Crippen LogP contribution in [0.5, 0.6) is 0 Å². The second-order valence-electron chi connectivity index (χ2n) is 3.42. The van der Waals surface area contributed by atoms with Crippen LogP contribution in [0, 0.1) is 0 Å². The molecule has 2 aromatic heterocycles. The summed E-state index contributed by atoms with van der Waals surface area (Å²) in [7, 11) is 1.46. The van der Waals surface area contributed by atoms with Gasteiger partial charge in [0.2, 0.25) is 0 Å². The van der Waals surface area contributed by atoms with Crippen molar-refractivity contribution in [3.63, 3.8) is 0 Å². The van der Waals surface area contributed by atoms with Crippen LogP contribution in [0.4, 0.5) is 0 Å². The van der Waals surface area contributed by atoms with Gasteiger partial charge in [-0.3, -0.25) is 9.59 Å². The fourth-order valence-electron chi connectivity index (χ4n) is 1.53. The zero-order chi connectivity index (χ0) is 11.5. The minimum atomic E-state index is -0.122. The van der Waals surface area contributed by atoms with E-state index in [9.17, 15) is 9.59 Å². The van der Waals surface area contributed by atoms with Crippen LogP contribution in [0.2, 0.25) is 0 Å². The van der Waals surface area contributed by atoms with E-state index in [1.807, 2.05) is 11.4 Å². The molecule has 4 nitrogen and oxygen atoms in total. The van der Waals surface area contributed by atoms with E-state index in [-0.39, 0.29) is 24.5 Å². The molecular weight excluding hydrogens is 226 g/mol. The summed E-state index contributed by atoms with van der Waals surface area (Å²) in [5.41, 5.74) is -0.122. The Labute approximate surface area is 96.1 Å². The molecule has 2 heterocycles. The van der Waals surface area contributed by atoms with E-state index < -0.39 is 0 Å². The topological polar surface area (TPSA) is 48.3 Å². The van der Waals surface area contributed by atoms with Crippen molar-refractivity contribution in [2.75, 3.05) is 13.7 Å². The molecule has 0 atom stereocenters. The van der Waals surface area contributed by atoms with E-state index in [4.69, 9.17) is 4.74 Å². The Morgan fingerprint density at radius 1 is 1.50 bits per heavy atom. The molecule has 0 aliphatic rings. The molecule has 5 heteroatoms. The number of Topliss-reactive ketones (excluding diaryl/α,β-unsaturated/α-hetero) is 1. The summed E-state index contributed by atoms with van der Waals surface area (Å²) >= 11 is 1.52. The second-order valence-corrected chi connectivity index (χ2v) is 4.37. The van der Waals surface area contributed by atoms with Gasteiger partial charge in [0.25, 0.3) is 5.56 Å². The van der Waals surface area contributed by atoms with Crippen molar-refractivity contribution >= 4 is 27.2 Å². The quantitative estimate of drug-likeness (QED) is 0.804. The van der Waals surface area contributed by atoms with Gasteiger partial charge in [-0.25, -0.2) is 0 Å². The average Bonchev–Trinajstić information content (AvgIpc) is 2.71. The van der Waals surface area contributed by atoms with Gasteiger partial charge < -0.3 is 9.30 Å². The summed E-state index contributed by atoms with van der Waals surface area (Å²) in [4.78, 5) is 23.3. The molecule has 0 aromatic carbocycles. The lowest BCUT2D eigenvalue weighted by atomic mass is 10.3. The molecule has 16 heavy (non-hydrogen) atoms. The number of methoxy groups -OCH3 is 1. The third kappa shape index (κ3) is 2.05. The van der Waals surface area contributed by atoms with Gasteiger partial charge in [-0.15, -0.1) is 11.3 Å². The van der Waals surface area contributed by atoms with E-state index in [0.29, 0.717) is 5.39 Å². The maximum absolute atomic E-state index is 11.9. The van der Waals surface area contributed by atoms with Gasteiger partial charge in [0.05, 0.1) is 11.9 Å². The van der Waals surface area contributed by atoms with Gasteiger partial charge in [0.1, 0.15) is 6.61 Å². The molecule has 0 radical (unpaired) electrons. The monoisotopic (exact) mass is 237 g/mol. The van der Waals surface area contributed by atoms with Crippen LogP contribution in [0.1, 0.15) is 0 Å². The van der Waals surface area contributed by atoms with Crippen molar-refractivity contribution in [2.45, 2.75) is 6.54 Å². The molecule has 0 aliphatic carbocycles. The molecule has 0 saturated carbocycles. The summed E-state index contributed by atoms with van der Waals surface area (Å²) in [5, 5.41) is 2.53. The number of aromatic nitrogens is 1. The molecule has 0 aliphatic heterocycles.